The molecular weight excluding hydrogens is 95.1 g/mol. The minimum atomic E-state index is -1.03. The summed E-state index contributed by atoms with van der Waals surface area (Å²) in [7, 11) is 0.460. The first-order valence-corrected chi connectivity index (χ1v) is 2.25. The molecule has 0 saturated carbocycles. The van der Waals surface area contributed by atoms with Crippen LogP contribution in [0.25, 0.3) is 0 Å². The molecule has 0 fully saturated rings. The Labute approximate surface area is 57.4 Å². The molecule has 0 aliphatic carbocycles. The normalized spacial score (nSPS) is 7.80. The zero-order valence-corrected chi connectivity index (χ0v) is 7.47. The van der Waals surface area contributed by atoms with Crippen LogP contribution in [0.3, 0.4) is 0 Å². The van der Waals surface area contributed by atoms with E-state index in [1.807, 2.05) is 0 Å². The first-order chi connectivity index (χ1) is 1.73. The number of hydrogen-bond donors (Lipinski definition) is 2. The predicted octanol–water partition coefficient (Wildman–Crippen LogP) is -5.26. The fourth-order valence-electron chi connectivity index (χ4n) is 0. The quantitative estimate of drug-likeness (QED) is 0.237. The molecule has 0 aliphatic rings. The van der Waals surface area contributed by atoms with Crippen LogP contribution in [0.2, 0.25) is 0 Å². The summed E-state index contributed by atoms with van der Waals surface area (Å²) in [5, 5.41) is 15.3. The zero-order chi connectivity index (χ0) is 3.58. The SMILES string of the molecule is OC(O)[SiH3].[H-].[Na+]. The van der Waals surface area contributed by atoms with Gasteiger partial charge in [-0.1, -0.05) is 0 Å². The summed E-state index contributed by atoms with van der Waals surface area (Å²) in [5.74, 6) is -1.03. The first-order valence-electron chi connectivity index (χ1n) is 1.09. The molecule has 0 radical (unpaired) electrons. The van der Waals surface area contributed by atoms with E-state index in [-0.39, 0.29) is 31.0 Å². The molecule has 0 bridgehead atoms. The summed E-state index contributed by atoms with van der Waals surface area (Å²) in [4.78, 5) is 0. The van der Waals surface area contributed by atoms with Gasteiger partial charge in [-0.25, -0.2) is 0 Å². The summed E-state index contributed by atoms with van der Waals surface area (Å²) >= 11 is 0. The van der Waals surface area contributed by atoms with E-state index in [1.165, 1.54) is 0 Å². The van der Waals surface area contributed by atoms with Crippen LogP contribution in [0, 0.1) is 0 Å². The van der Waals surface area contributed by atoms with Crippen molar-refractivity contribution in [2.75, 3.05) is 0 Å². The van der Waals surface area contributed by atoms with E-state index in [1.54, 1.807) is 0 Å². The summed E-state index contributed by atoms with van der Waals surface area (Å²) in [6.07, 6.45) is 0. The fourth-order valence-corrected chi connectivity index (χ4v) is 0. The van der Waals surface area contributed by atoms with Gasteiger partial charge < -0.3 is 11.6 Å². The van der Waals surface area contributed by atoms with Crippen LogP contribution in [0.1, 0.15) is 1.43 Å². The number of aliphatic hydroxyl groups excluding tert-OH is 1. The molecule has 0 aromatic rings. The molecule has 0 saturated heterocycles. The molecule has 2 nitrogen and oxygen atoms in total. The molecule has 0 aromatic carbocycles. The van der Waals surface area contributed by atoms with Crippen molar-refractivity contribution in [2.24, 2.45) is 0 Å². The Morgan fingerprint density at radius 3 is 1.60 bits per heavy atom. The van der Waals surface area contributed by atoms with Crippen LogP contribution >= 0.6 is 0 Å². The van der Waals surface area contributed by atoms with E-state index in [4.69, 9.17) is 10.2 Å². The van der Waals surface area contributed by atoms with Gasteiger partial charge in [0.2, 0.25) is 0 Å². The van der Waals surface area contributed by atoms with Gasteiger partial charge in [0, 0.05) is 0 Å². The molecule has 2 N–H and O–H groups in total. The second-order valence-corrected chi connectivity index (χ2v) is 1.66. The Morgan fingerprint density at radius 1 is 1.60 bits per heavy atom. The zero-order valence-electron chi connectivity index (χ0n) is 4.47. The largest absolute Gasteiger partial charge is 1.00 e. The van der Waals surface area contributed by atoms with Crippen molar-refractivity contribution in [3.05, 3.63) is 0 Å². The Balaban J connectivity index is -0.0000000450. The van der Waals surface area contributed by atoms with E-state index >= 15 is 0 Å². The van der Waals surface area contributed by atoms with Crippen molar-refractivity contribution in [3.63, 3.8) is 0 Å². The molecule has 28 valence electrons. The minimum Gasteiger partial charge on any atom is -1.00 e. The van der Waals surface area contributed by atoms with Crippen LogP contribution < -0.4 is 29.6 Å². The maximum Gasteiger partial charge on any atom is 1.00 e. The van der Waals surface area contributed by atoms with E-state index < -0.39 is 5.91 Å². The predicted molar refractivity (Wildman–Crippen MR) is 19.3 cm³/mol. The average molecular weight is 102 g/mol. The van der Waals surface area contributed by atoms with E-state index in [2.05, 4.69) is 0 Å². The van der Waals surface area contributed by atoms with Gasteiger partial charge >= 0.3 is 29.6 Å². The molecule has 0 aromatic heterocycles. The van der Waals surface area contributed by atoms with Gasteiger partial charge in [-0.05, 0) is 0 Å². The molecule has 0 unspecified atom stereocenters. The van der Waals surface area contributed by atoms with Crippen molar-refractivity contribution < 1.29 is 41.2 Å². The molecule has 0 amide bonds. The molecule has 0 atom stereocenters. The molecule has 4 heteroatoms. The van der Waals surface area contributed by atoms with Crippen LogP contribution in [0.5, 0.6) is 0 Å². The topological polar surface area (TPSA) is 40.5 Å². The standard InChI is InChI=1S/CH6O2Si.Na.H/c2-1(3)4;;/h1-3H,4H3;;/q;+1;-1. The maximum atomic E-state index is 7.67. The first kappa shape index (κ1) is 9.46. The number of aliphatic hydroxyl groups is 2. The second kappa shape index (κ2) is 5.14. The van der Waals surface area contributed by atoms with Crippen LogP contribution in [-0.2, 0) is 0 Å². The number of hydrogen-bond acceptors (Lipinski definition) is 2. The van der Waals surface area contributed by atoms with Gasteiger partial charge in [0.25, 0.3) is 0 Å². The summed E-state index contributed by atoms with van der Waals surface area (Å²) in [6, 6.07) is 0. The second-order valence-electron chi connectivity index (χ2n) is 0.632. The Hall–Kier alpha value is 1.14. The van der Waals surface area contributed by atoms with Crippen LogP contribution in [-0.4, -0.2) is 26.4 Å². The Kier molecular flexibility index (Phi) is 9.72. The molecule has 0 aliphatic heterocycles. The van der Waals surface area contributed by atoms with Crippen LogP contribution in [0.15, 0.2) is 0 Å². The summed E-state index contributed by atoms with van der Waals surface area (Å²) in [5.41, 5.74) is 0. The van der Waals surface area contributed by atoms with Gasteiger partial charge in [-0.3, -0.25) is 0 Å². The van der Waals surface area contributed by atoms with Crippen molar-refractivity contribution in [3.8, 4) is 0 Å². The van der Waals surface area contributed by atoms with Gasteiger partial charge in [0.05, 0.1) is 10.2 Å². The Bertz CT molecular complexity index is 18.3. The molecular formula is CH7NaO2Si. The van der Waals surface area contributed by atoms with Crippen LogP contribution in [0.4, 0.5) is 0 Å². The van der Waals surface area contributed by atoms with Crippen molar-refractivity contribution >= 4 is 10.2 Å². The third-order valence-electron chi connectivity index (χ3n) is 0. The summed E-state index contributed by atoms with van der Waals surface area (Å²) < 4.78 is 0. The van der Waals surface area contributed by atoms with Crippen molar-refractivity contribution in [1.29, 1.82) is 0 Å². The molecule has 0 spiro atoms. The smallest absolute Gasteiger partial charge is 1.00 e. The monoisotopic (exact) mass is 102 g/mol. The Morgan fingerprint density at radius 2 is 1.60 bits per heavy atom. The van der Waals surface area contributed by atoms with E-state index in [0.717, 1.165) is 0 Å². The summed E-state index contributed by atoms with van der Waals surface area (Å²) in [6.45, 7) is 0. The molecule has 0 rings (SSSR count). The number of rotatable bonds is 0. The van der Waals surface area contributed by atoms with Gasteiger partial charge in [-0.15, -0.1) is 0 Å². The third-order valence-corrected chi connectivity index (χ3v) is 0. The maximum absolute atomic E-state index is 7.67. The van der Waals surface area contributed by atoms with Gasteiger partial charge in [0.1, 0.15) is 5.91 Å². The van der Waals surface area contributed by atoms with Gasteiger partial charge in [0.15, 0.2) is 0 Å². The van der Waals surface area contributed by atoms with Gasteiger partial charge in [-0.2, -0.15) is 0 Å². The van der Waals surface area contributed by atoms with Crippen molar-refractivity contribution in [1.82, 2.24) is 0 Å². The van der Waals surface area contributed by atoms with E-state index in [9.17, 15) is 0 Å². The fraction of sp³-hybridized carbons (Fsp3) is 1.00. The third kappa shape index (κ3) is 39.1. The minimum absolute atomic E-state index is 0. The molecule has 0 heterocycles. The molecule has 5 heavy (non-hydrogen) atoms. The van der Waals surface area contributed by atoms with E-state index in [0.29, 0.717) is 10.2 Å². The average Bonchev–Trinajstić information content (AvgIpc) is 0.811. The van der Waals surface area contributed by atoms with Crippen molar-refractivity contribution in [2.45, 2.75) is 5.91 Å².